The Balaban J connectivity index is 2.03. The van der Waals surface area contributed by atoms with Gasteiger partial charge >= 0.3 is 0 Å². The number of hydrogen-bond acceptors (Lipinski definition) is 6. The second-order valence-electron chi connectivity index (χ2n) is 3.24. The van der Waals surface area contributed by atoms with Crippen LogP contribution in [-0.2, 0) is 9.84 Å². The predicted octanol–water partition coefficient (Wildman–Crippen LogP) is -0.732. The monoisotopic (exact) mass is 214 g/mol. The molecule has 0 amide bonds. The van der Waals surface area contributed by atoms with E-state index in [1.54, 1.807) is 0 Å². The summed E-state index contributed by atoms with van der Waals surface area (Å²) in [7, 11) is -2.81. The topological polar surface area (TPSA) is 98.0 Å². The van der Waals surface area contributed by atoms with Crippen molar-refractivity contribution in [2.75, 3.05) is 22.6 Å². The number of nitrogens with zero attached hydrogens (tertiary/aromatic N) is 2. The average molecular weight is 214 g/mol. The van der Waals surface area contributed by atoms with Gasteiger partial charge in [0.05, 0.1) is 29.4 Å². The molecule has 3 N–H and O–H groups in total. The Morgan fingerprint density at radius 3 is 2.79 bits per heavy atom. The van der Waals surface area contributed by atoms with Crippen molar-refractivity contribution in [2.45, 2.75) is 6.04 Å². The van der Waals surface area contributed by atoms with Crippen LogP contribution >= 0.6 is 0 Å². The second kappa shape index (κ2) is 3.09. The van der Waals surface area contributed by atoms with Crippen LogP contribution in [0.3, 0.4) is 0 Å². The van der Waals surface area contributed by atoms with Crippen LogP contribution in [0.4, 0.5) is 11.5 Å². The molecule has 0 bridgehead atoms. The lowest BCUT2D eigenvalue weighted by atomic mass is 10.3. The molecule has 14 heavy (non-hydrogen) atoms. The van der Waals surface area contributed by atoms with E-state index in [9.17, 15) is 8.42 Å². The smallest absolute Gasteiger partial charge is 0.154 e. The van der Waals surface area contributed by atoms with Crippen LogP contribution in [0.1, 0.15) is 0 Å². The quantitative estimate of drug-likeness (QED) is 0.673. The molecule has 1 saturated heterocycles. The minimum absolute atomic E-state index is 0.0720. The van der Waals surface area contributed by atoms with Crippen LogP contribution in [0, 0.1) is 0 Å². The number of sulfone groups is 1. The molecule has 0 atom stereocenters. The van der Waals surface area contributed by atoms with Crippen LogP contribution < -0.4 is 11.1 Å². The largest absolute Gasteiger partial charge is 0.394 e. The first kappa shape index (κ1) is 9.20. The van der Waals surface area contributed by atoms with Gasteiger partial charge in [-0.3, -0.25) is 0 Å². The number of rotatable bonds is 2. The Bertz CT molecular complexity index is 433. The summed E-state index contributed by atoms with van der Waals surface area (Å²) in [6.07, 6.45) is 2.84. The maximum atomic E-state index is 10.9. The Hall–Kier alpha value is -1.37. The number of nitrogen functional groups attached to an aromatic ring is 1. The van der Waals surface area contributed by atoms with Crippen molar-refractivity contribution in [1.82, 2.24) is 9.97 Å². The first-order chi connectivity index (χ1) is 6.57. The molecule has 0 saturated carbocycles. The number of aromatic nitrogens is 2. The molecule has 0 radical (unpaired) electrons. The van der Waals surface area contributed by atoms with Gasteiger partial charge in [-0.1, -0.05) is 0 Å². The summed E-state index contributed by atoms with van der Waals surface area (Å²) in [5.74, 6) is 0.798. The SMILES string of the molecule is Nc1cncnc1NC1CS(=O)(=O)C1. The van der Waals surface area contributed by atoms with E-state index in [0.29, 0.717) is 11.5 Å². The molecule has 1 fully saturated rings. The predicted molar refractivity (Wildman–Crippen MR) is 52.5 cm³/mol. The van der Waals surface area contributed by atoms with Gasteiger partial charge in [-0.05, 0) is 0 Å². The highest BCUT2D eigenvalue weighted by Gasteiger charge is 2.33. The van der Waals surface area contributed by atoms with E-state index in [1.165, 1.54) is 12.5 Å². The molecule has 0 unspecified atom stereocenters. The number of anilines is 2. The van der Waals surface area contributed by atoms with E-state index in [0.717, 1.165) is 0 Å². The highest BCUT2D eigenvalue weighted by molar-refractivity contribution is 7.92. The highest BCUT2D eigenvalue weighted by atomic mass is 32.2. The minimum Gasteiger partial charge on any atom is -0.394 e. The Labute approximate surface area is 81.5 Å². The minimum atomic E-state index is -2.81. The molecule has 1 aliphatic heterocycles. The van der Waals surface area contributed by atoms with E-state index < -0.39 is 9.84 Å². The normalized spacial score (nSPS) is 20.0. The van der Waals surface area contributed by atoms with Gasteiger partial charge in [-0.25, -0.2) is 18.4 Å². The number of nitrogens with one attached hydrogen (secondary N) is 1. The van der Waals surface area contributed by atoms with Gasteiger partial charge < -0.3 is 11.1 Å². The molecule has 2 heterocycles. The van der Waals surface area contributed by atoms with Crippen molar-refractivity contribution in [3.63, 3.8) is 0 Å². The van der Waals surface area contributed by atoms with E-state index in [4.69, 9.17) is 5.73 Å². The Kier molecular flexibility index (Phi) is 2.03. The molecular formula is C7H10N4O2S. The molecule has 1 aromatic heterocycles. The second-order valence-corrected chi connectivity index (χ2v) is 5.40. The van der Waals surface area contributed by atoms with Crippen LogP contribution in [0.5, 0.6) is 0 Å². The molecule has 0 aromatic carbocycles. The van der Waals surface area contributed by atoms with Gasteiger partial charge in [-0.2, -0.15) is 0 Å². The fourth-order valence-electron chi connectivity index (χ4n) is 1.30. The molecule has 6 nitrogen and oxygen atoms in total. The third-order valence-corrected chi connectivity index (χ3v) is 3.81. The van der Waals surface area contributed by atoms with Crippen molar-refractivity contribution in [3.8, 4) is 0 Å². The van der Waals surface area contributed by atoms with Gasteiger partial charge in [0.15, 0.2) is 15.7 Å². The molecule has 0 aliphatic carbocycles. The lowest BCUT2D eigenvalue weighted by molar-refractivity contribution is 0.570. The first-order valence-electron chi connectivity index (χ1n) is 4.09. The maximum Gasteiger partial charge on any atom is 0.154 e. The van der Waals surface area contributed by atoms with E-state index >= 15 is 0 Å². The standard InChI is InChI=1S/C7H10N4O2S/c8-6-1-9-4-10-7(6)11-5-2-14(12,13)3-5/h1,4-5H,2-3,8H2,(H,9,10,11). The zero-order chi connectivity index (χ0) is 10.2. The molecule has 7 heteroatoms. The zero-order valence-corrected chi connectivity index (χ0v) is 8.16. The van der Waals surface area contributed by atoms with Crippen LogP contribution in [-0.4, -0.2) is 35.9 Å². The average Bonchev–Trinajstić information content (AvgIpc) is 2.05. The molecule has 76 valence electrons. The lowest BCUT2D eigenvalue weighted by Gasteiger charge is -2.27. The van der Waals surface area contributed by atoms with Gasteiger partial charge in [0.2, 0.25) is 0 Å². The maximum absolute atomic E-state index is 10.9. The van der Waals surface area contributed by atoms with Gasteiger partial charge in [0.25, 0.3) is 0 Å². The van der Waals surface area contributed by atoms with Crippen molar-refractivity contribution in [2.24, 2.45) is 0 Å². The number of hydrogen-bond donors (Lipinski definition) is 2. The highest BCUT2D eigenvalue weighted by Crippen LogP contribution is 2.18. The summed E-state index contributed by atoms with van der Waals surface area (Å²) < 4.78 is 21.7. The van der Waals surface area contributed by atoms with Crippen LogP contribution in [0.15, 0.2) is 12.5 Å². The summed E-state index contributed by atoms with van der Waals surface area (Å²) in [5.41, 5.74) is 6.01. The fraction of sp³-hybridized carbons (Fsp3) is 0.429. The lowest BCUT2D eigenvalue weighted by Crippen LogP contribution is -2.46. The molecule has 0 spiro atoms. The summed E-state index contributed by atoms with van der Waals surface area (Å²) in [5, 5.41) is 2.95. The molecule has 2 rings (SSSR count). The van der Waals surface area contributed by atoms with Crippen molar-refractivity contribution >= 4 is 21.3 Å². The van der Waals surface area contributed by atoms with Crippen molar-refractivity contribution < 1.29 is 8.42 Å². The van der Waals surface area contributed by atoms with E-state index in [-0.39, 0.29) is 17.5 Å². The molecule has 1 aromatic rings. The third kappa shape index (κ3) is 1.77. The summed E-state index contributed by atoms with van der Waals surface area (Å²) >= 11 is 0. The van der Waals surface area contributed by atoms with E-state index in [2.05, 4.69) is 15.3 Å². The summed E-state index contributed by atoms with van der Waals surface area (Å²) in [6.45, 7) is 0. The Morgan fingerprint density at radius 1 is 1.50 bits per heavy atom. The van der Waals surface area contributed by atoms with Gasteiger partial charge in [0, 0.05) is 0 Å². The Morgan fingerprint density at radius 2 is 2.21 bits per heavy atom. The van der Waals surface area contributed by atoms with Gasteiger partial charge in [0.1, 0.15) is 6.33 Å². The summed E-state index contributed by atoms with van der Waals surface area (Å²) in [4.78, 5) is 7.64. The molecule has 1 aliphatic rings. The number of nitrogens with two attached hydrogens (primary N) is 1. The van der Waals surface area contributed by atoms with E-state index in [1.807, 2.05) is 0 Å². The fourth-order valence-corrected chi connectivity index (χ4v) is 2.60. The zero-order valence-electron chi connectivity index (χ0n) is 7.34. The van der Waals surface area contributed by atoms with Gasteiger partial charge in [-0.15, -0.1) is 0 Å². The first-order valence-corrected chi connectivity index (χ1v) is 5.91. The third-order valence-electron chi connectivity index (χ3n) is 1.99. The summed E-state index contributed by atoms with van der Waals surface area (Å²) in [6, 6.07) is -0.0720. The molecular weight excluding hydrogens is 204 g/mol. The van der Waals surface area contributed by atoms with Crippen molar-refractivity contribution in [3.05, 3.63) is 12.5 Å². The van der Waals surface area contributed by atoms with Crippen LogP contribution in [0.25, 0.3) is 0 Å². The van der Waals surface area contributed by atoms with Crippen LogP contribution in [0.2, 0.25) is 0 Å². The van der Waals surface area contributed by atoms with Crippen molar-refractivity contribution in [1.29, 1.82) is 0 Å².